The van der Waals surface area contributed by atoms with Crippen LogP contribution in [0.3, 0.4) is 0 Å². The van der Waals surface area contributed by atoms with E-state index in [0.717, 1.165) is 33.9 Å². The molecule has 0 bridgehead atoms. The molecule has 9 heteroatoms. The van der Waals surface area contributed by atoms with Gasteiger partial charge in [-0.1, -0.05) is 29.4 Å². The molecular weight excluding hydrogens is 456 g/mol. The highest BCUT2D eigenvalue weighted by molar-refractivity contribution is 7.13. The Hall–Kier alpha value is -3.43. The van der Waals surface area contributed by atoms with Crippen LogP contribution in [0, 0.1) is 0 Å². The third kappa shape index (κ3) is 4.29. The molecule has 1 N–H and O–H groups in total. The van der Waals surface area contributed by atoms with Gasteiger partial charge in [0.2, 0.25) is 5.82 Å². The zero-order valence-electron chi connectivity index (χ0n) is 18.1. The van der Waals surface area contributed by atoms with Crippen molar-refractivity contribution in [2.24, 2.45) is 0 Å². The quantitative estimate of drug-likeness (QED) is 0.374. The normalized spacial score (nSPS) is 16.2. The first-order valence-corrected chi connectivity index (χ1v) is 12.2. The van der Waals surface area contributed by atoms with Crippen LogP contribution in [0.5, 0.6) is 5.75 Å². The number of methoxy groups -OCH3 is 1. The molecule has 2 amide bonds. The third-order valence-corrected chi connectivity index (χ3v) is 7.41. The van der Waals surface area contributed by atoms with E-state index in [4.69, 9.17) is 9.26 Å². The molecule has 168 valence electrons. The molecule has 0 radical (unpaired) electrons. The Labute approximate surface area is 199 Å². The first-order chi connectivity index (χ1) is 16.1. The molecule has 5 rings (SSSR count). The van der Waals surface area contributed by atoms with Crippen molar-refractivity contribution in [3.05, 3.63) is 81.3 Å². The molecule has 0 aliphatic carbocycles. The highest BCUT2D eigenvalue weighted by Gasteiger charge is 2.35. The Morgan fingerprint density at radius 2 is 1.91 bits per heavy atom. The van der Waals surface area contributed by atoms with Crippen LogP contribution >= 0.6 is 22.7 Å². The minimum absolute atomic E-state index is 0.147. The molecule has 1 aliphatic heterocycles. The van der Waals surface area contributed by atoms with Crippen LogP contribution in [-0.2, 0) is 6.42 Å². The summed E-state index contributed by atoms with van der Waals surface area (Å²) in [7, 11) is 1.63. The van der Waals surface area contributed by atoms with Crippen molar-refractivity contribution < 1.29 is 14.1 Å². The van der Waals surface area contributed by atoms with Crippen LogP contribution < -0.4 is 10.1 Å². The molecule has 33 heavy (non-hydrogen) atoms. The largest absolute Gasteiger partial charge is 0.497 e. The van der Waals surface area contributed by atoms with Crippen LogP contribution in [-0.4, -0.2) is 34.7 Å². The fourth-order valence-corrected chi connectivity index (χ4v) is 5.24. The highest BCUT2D eigenvalue weighted by atomic mass is 32.1. The van der Waals surface area contributed by atoms with E-state index in [9.17, 15) is 4.79 Å². The molecule has 7 nitrogen and oxygen atoms in total. The molecule has 1 unspecified atom stereocenters. The van der Waals surface area contributed by atoms with Crippen molar-refractivity contribution in [3.63, 3.8) is 0 Å². The maximum Gasteiger partial charge on any atom is 0.322 e. The second-order valence-corrected chi connectivity index (χ2v) is 9.52. The number of aromatic nitrogens is 2. The van der Waals surface area contributed by atoms with Crippen molar-refractivity contribution in [1.29, 1.82) is 0 Å². The predicted octanol–water partition coefficient (Wildman–Crippen LogP) is 5.61. The van der Waals surface area contributed by atoms with Gasteiger partial charge in [-0.15, -0.1) is 22.7 Å². The summed E-state index contributed by atoms with van der Waals surface area (Å²) in [6, 6.07) is 15.1. The number of benzene rings is 1. The van der Waals surface area contributed by atoms with Gasteiger partial charge in [0, 0.05) is 17.1 Å². The Bertz CT molecular complexity index is 1260. The second kappa shape index (κ2) is 9.21. The number of carbonyl (C=O) groups excluding carboxylic acids is 1. The van der Waals surface area contributed by atoms with E-state index in [-0.39, 0.29) is 6.03 Å². The number of nitrogens with zero attached hydrogens (tertiary/aromatic N) is 3. The summed E-state index contributed by atoms with van der Waals surface area (Å²) in [6.07, 6.45) is 0.771. The summed E-state index contributed by atoms with van der Waals surface area (Å²) in [6.45, 7) is 2.50. The van der Waals surface area contributed by atoms with Gasteiger partial charge in [-0.3, -0.25) is 4.90 Å². The van der Waals surface area contributed by atoms with Crippen LogP contribution in [0.1, 0.15) is 29.3 Å². The summed E-state index contributed by atoms with van der Waals surface area (Å²) < 4.78 is 11.0. The minimum Gasteiger partial charge on any atom is -0.497 e. The van der Waals surface area contributed by atoms with Crippen LogP contribution in [0.2, 0.25) is 0 Å². The van der Waals surface area contributed by atoms with Crippen molar-refractivity contribution >= 4 is 34.3 Å². The Balaban J connectivity index is 1.54. The smallest absolute Gasteiger partial charge is 0.322 e. The van der Waals surface area contributed by atoms with E-state index in [2.05, 4.69) is 21.5 Å². The van der Waals surface area contributed by atoms with Crippen molar-refractivity contribution in [3.8, 4) is 16.5 Å². The number of thiophene rings is 2. The lowest BCUT2D eigenvalue weighted by atomic mass is 9.94. The number of nitrogens with one attached hydrogen (secondary N) is 1. The number of amides is 2. The van der Waals surface area contributed by atoms with Crippen molar-refractivity contribution in [1.82, 2.24) is 20.4 Å². The third-order valence-electron chi connectivity index (χ3n) is 5.61. The molecule has 4 heterocycles. The Morgan fingerprint density at radius 3 is 2.61 bits per heavy atom. The number of allylic oxidation sites excluding steroid dienone is 1. The summed E-state index contributed by atoms with van der Waals surface area (Å²) in [5, 5.41) is 11.4. The molecule has 0 fully saturated rings. The van der Waals surface area contributed by atoms with Crippen LogP contribution in [0.15, 0.2) is 69.5 Å². The standard InChI is InChI=1S/C24H22N4O3S2/c1-15-20(23-26-22(27-31-23)19-6-4-14-33-19)21(16-7-9-17(30-2)10-8-16)25-24(29)28(15)12-11-18-5-3-13-32-18/h3-10,13-14,21H,11-12H2,1-2H3,(H,25,29). The van der Waals surface area contributed by atoms with Crippen molar-refractivity contribution in [2.45, 2.75) is 19.4 Å². The molecule has 0 spiro atoms. The summed E-state index contributed by atoms with van der Waals surface area (Å²) in [4.78, 5) is 21.7. The lowest BCUT2D eigenvalue weighted by Crippen LogP contribution is -2.46. The number of rotatable bonds is 7. The molecular formula is C24H22N4O3S2. The maximum atomic E-state index is 13.1. The average Bonchev–Trinajstić information content (AvgIpc) is 3.61. The van der Waals surface area contributed by atoms with Gasteiger partial charge in [0.05, 0.1) is 23.6 Å². The number of carbonyl (C=O) groups is 1. The van der Waals surface area contributed by atoms with Gasteiger partial charge < -0.3 is 14.6 Å². The van der Waals surface area contributed by atoms with Crippen molar-refractivity contribution in [2.75, 3.05) is 13.7 Å². The summed E-state index contributed by atoms with van der Waals surface area (Å²) in [5.74, 6) is 1.69. The molecule has 3 aromatic heterocycles. The van der Waals surface area contributed by atoms with E-state index in [1.54, 1.807) is 34.7 Å². The number of hydrogen-bond donors (Lipinski definition) is 1. The SMILES string of the molecule is COc1ccc(C2NC(=O)N(CCc3cccs3)C(C)=C2c2nc(-c3cccs3)no2)cc1. The fourth-order valence-electron chi connectivity index (χ4n) is 3.89. The number of hydrogen-bond acceptors (Lipinski definition) is 7. The van der Waals surface area contributed by atoms with E-state index >= 15 is 0 Å². The fraction of sp³-hybridized carbons (Fsp3) is 0.208. The van der Waals surface area contributed by atoms with E-state index in [1.807, 2.05) is 60.1 Å². The predicted molar refractivity (Wildman–Crippen MR) is 129 cm³/mol. The van der Waals surface area contributed by atoms with Gasteiger partial charge in [-0.05, 0) is 53.9 Å². The monoisotopic (exact) mass is 478 g/mol. The molecule has 1 atom stereocenters. The lowest BCUT2D eigenvalue weighted by molar-refractivity contribution is 0.205. The zero-order valence-corrected chi connectivity index (χ0v) is 19.8. The highest BCUT2D eigenvalue weighted by Crippen LogP contribution is 2.38. The van der Waals surface area contributed by atoms with Gasteiger partial charge >= 0.3 is 6.03 Å². The lowest BCUT2D eigenvalue weighted by Gasteiger charge is -2.35. The Morgan fingerprint density at radius 1 is 1.12 bits per heavy atom. The maximum absolute atomic E-state index is 13.1. The van der Waals surface area contributed by atoms with E-state index in [0.29, 0.717) is 18.3 Å². The van der Waals surface area contributed by atoms with E-state index in [1.165, 1.54) is 4.88 Å². The molecule has 0 saturated heterocycles. The number of ether oxygens (including phenoxy) is 1. The molecule has 4 aromatic rings. The van der Waals surface area contributed by atoms with Gasteiger partial charge in [0.1, 0.15) is 5.75 Å². The Kier molecular flexibility index (Phi) is 5.97. The van der Waals surface area contributed by atoms with E-state index < -0.39 is 6.04 Å². The molecule has 1 aromatic carbocycles. The summed E-state index contributed by atoms with van der Waals surface area (Å²) in [5.41, 5.74) is 2.51. The summed E-state index contributed by atoms with van der Waals surface area (Å²) >= 11 is 3.24. The molecule has 1 aliphatic rings. The number of urea groups is 1. The van der Waals surface area contributed by atoms with Gasteiger partial charge in [-0.25, -0.2) is 4.79 Å². The van der Waals surface area contributed by atoms with Gasteiger partial charge in [-0.2, -0.15) is 4.98 Å². The topological polar surface area (TPSA) is 80.5 Å². The first kappa shape index (κ1) is 21.4. The first-order valence-electron chi connectivity index (χ1n) is 10.5. The minimum atomic E-state index is -0.418. The average molecular weight is 479 g/mol. The second-order valence-electron chi connectivity index (χ2n) is 7.54. The van der Waals surface area contributed by atoms with Crippen LogP contribution in [0.25, 0.3) is 16.3 Å². The zero-order chi connectivity index (χ0) is 22.8. The van der Waals surface area contributed by atoms with Gasteiger partial charge in [0.25, 0.3) is 5.89 Å². The molecule has 0 saturated carbocycles. The van der Waals surface area contributed by atoms with Gasteiger partial charge in [0.15, 0.2) is 0 Å². The van der Waals surface area contributed by atoms with Crippen LogP contribution in [0.4, 0.5) is 4.79 Å².